The van der Waals surface area contributed by atoms with E-state index in [4.69, 9.17) is 11.6 Å². The number of benzene rings is 2. The van der Waals surface area contributed by atoms with Crippen molar-refractivity contribution in [1.82, 2.24) is 4.90 Å². The second kappa shape index (κ2) is 6.83. The van der Waals surface area contributed by atoms with E-state index in [1.807, 2.05) is 13.8 Å². The van der Waals surface area contributed by atoms with Gasteiger partial charge in [0.2, 0.25) is 0 Å². The van der Waals surface area contributed by atoms with Gasteiger partial charge in [-0.15, -0.1) is 0 Å². The van der Waals surface area contributed by atoms with Crippen molar-refractivity contribution in [3.05, 3.63) is 58.1 Å². The number of hydrogen-bond donors (Lipinski definition) is 1. The molecule has 0 bridgehead atoms. The van der Waals surface area contributed by atoms with Crippen LogP contribution in [0.1, 0.15) is 21.5 Å². The number of amides is 1. The number of anilines is 1. The molecule has 5 nitrogen and oxygen atoms in total. The van der Waals surface area contributed by atoms with Crippen LogP contribution in [0.3, 0.4) is 0 Å². The Morgan fingerprint density at radius 1 is 1.04 bits per heavy atom. The lowest BCUT2D eigenvalue weighted by Crippen LogP contribution is -2.24. The molecular weight excluding hydrogens is 348 g/mol. The van der Waals surface area contributed by atoms with Gasteiger partial charge >= 0.3 is 0 Å². The fourth-order valence-electron chi connectivity index (χ4n) is 2.11. The Kier molecular flexibility index (Phi) is 5.20. The van der Waals surface area contributed by atoms with Crippen LogP contribution in [0, 0.1) is 13.8 Å². The van der Waals surface area contributed by atoms with Crippen LogP contribution in [0.2, 0.25) is 5.02 Å². The summed E-state index contributed by atoms with van der Waals surface area (Å²) in [6.07, 6.45) is 0. The second-order valence-corrected chi connectivity index (χ2v) is 7.86. The average molecular weight is 367 g/mol. The van der Waals surface area contributed by atoms with Crippen molar-refractivity contribution in [2.75, 3.05) is 18.8 Å². The van der Waals surface area contributed by atoms with E-state index in [9.17, 15) is 13.2 Å². The second-order valence-electron chi connectivity index (χ2n) is 5.74. The average Bonchev–Trinajstić information content (AvgIpc) is 2.49. The van der Waals surface area contributed by atoms with Crippen molar-refractivity contribution in [2.24, 2.45) is 0 Å². The molecule has 7 heteroatoms. The highest BCUT2D eigenvalue weighted by atomic mass is 35.5. The third-order valence-electron chi connectivity index (χ3n) is 3.65. The monoisotopic (exact) mass is 366 g/mol. The summed E-state index contributed by atoms with van der Waals surface area (Å²) in [5.41, 5.74) is 2.25. The fourth-order valence-corrected chi connectivity index (χ4v) is 3.44. The normalized spacial score (nSPS) is 11.2. The first-order valence-corrected chi connectivity index (χ1v) is 9.09. The first-order chi connectivity index (χ1) is 11.1. The highest BCUT2D eigenvalue weighted by Gasteiger charge is 2.20. The van der Waals surface area contributed by atoms with Crippen molar-refractivity contribution < 1.29 is 13.2 Å². The van der Waals surface area contributed by atoms with Crippen LogP contribution < -0.4 is 4.72 Å². The maximum absolute atomic E-state index is 12.6. The van der Waals surface area contributed by atoms with Crippen LogP contribution in [-0.4, -0.2) is 33.3 Å². The zero-order valence-electron chi connectivity index (χ0n) is 13.9. The molecule has 0 heterocycles. The fraction of sp³-hybridized carbons (Fsp3) is 0.235. The molecule has 0 aliphatic carbocycles. The summed E-state index contributed by atoms with van der Waals surface area (Å²) in [6.45, 7) is 3.75. The van der Waals surface area contributed by atoms with E-state index >= 15 is 0 Å². The topological polar surface area (TPSA) is 66.5 Å². The molecule has 1 N–H and O–H groups in total. The van der Waals surface area contributed by atoms with E-state index in [0.717, 1.165) is 11.1 Å². The molecule has 0 saturated carbocycles. The number of hydrogen-bond acceptors (Lipinski definition) is 3. The van der Waals surface area contributed by atoms with E-state index in [1.165, 1.54) is 23.1 Å². The van der Waals surface area contributed by atoms with E-state index in [0.29, 0.717) is 5.02 Å². The summed E-state index contributed by atoms with van der Waals surface area (Å²) in [5, 5.41) is 0.336. The molecule has 0 aromatic heterocycles. The van der Waals surface area contributed by atoms with Crippen molar-refractivity contribution in [2.45, 2.75) is 18.7 Å². The van der Waals surface area contributed by atoms with Crippen LogP contribution >= 0.6 is 11.6 Å². The van der Waals surface area contributed by atoms with Crippen molar-refractivity contribution >= 4 is 33.2 Å². The van der Waals surface area contributed by atoms with E-state index in [1.54, 1.807) is 32.3 Å². The van der Waals surface area contributed by atoms with Crippen molar-refractivity contribution in [3.63, 3.8) is 0 Å². The Morgan fingerprint density at radius 3 is 2.29 bits per heavy atom. The van der Waals surface area contributed by atoms with Gasteiger partial charge in [0, 0.05) is 19.1 Å². The van der Waals surface area contributed by atoms with E-state index in [2.05, 4.69) is 4.72 Å². The van der Waals surface area contributed by atoms with Gasteiger partial charge in [0.25, 0.3) is 15.9 Å². The zero-order chi connectivity index (χ0) is 18.1. The Hall–Kier alpha value is -2.05. The summed E-state index contributed by atoms with van der Waals surface area (Å²) in [4.78, 5) is 13.8. The van der Waals surface area contributed by atoms with Crippen LogP contribution in [0.4, 0.5) is 5.69 Å². The third kappa shape index (κ3) is 3.88. The van der Waals surface area contributed by atoms with Crippen LogP contribution in [0.25, 0.3) is 0 Å². The summed E-state index contributed by atoms with van der Waals surface area (Å²) in [7, 11) is -0.639. The molecule has 0 aliphatic heterocycles. The molecule has 0 aliphatic rings. The van der Waals surface area contributed by atoms with Crippen LogP contribution in [0.15, 0.2) is 41.3 Å². The summed E-state index contributed by atoms with van der Waals surface area (Å²) in [5.74, 6) is -0.315. The number of nitrogens with one attached hydrogen (secondary N) is 1. The van der Waals surface area contributed by atoms with Crippen molar-refractivity contribution in [3.8, 4) is 0 Å². The first-order valence-electron chi connectivity index (χ1n) is 7.23. The molecular formula is C17H19ClN2O3S. The van der Waals surface area contributed by atoms with Gasteiger partial charge in [0.1, 0.15) is 0 Å². The van der Waals surface area contributed by atoms with Gasteiger partial charge in [-0.05, 0) is 55.3 Å². The lowest BCUT2D eigenvalue weighted by atomic mass is 10.1. The molecule has 0 spiro atoms. The minimum absolute atomic E-state index is 0.133. The van der Waals surface area contributed by atoms with E-state index in [-0.39, 0.29) is 22.1 Å². The molecule has 0 saturated heterocycles. The SMILES string of the molecule is Cc1ccc(S(=O)(=O)Nc2cc(Cl)ccc2C(=O)N(C)C)cc1C. The zero-order valence-corrected chi connectivity index (χ0v) is 15.5. The Bertz CT molecular complexity index is 893. The molecule has 2 rings (SSSR count). The molecule has 2 aromatic rings. The lowest BCUT2D eigenvalue weighted by molar-refractivity contribution is 0.0828. The Morgan fingerprint density at radius 2 is 1.71 bits per heavy atom. The third-order valence-corrected chi connectivity index (χ3v) is 5.25. The van der Waals surface area contributed by atoms with Gasteiger partial charge in [-0.1, -0.05) is 17.7 Å². The molecule has 0 radical (unpaired) electrons. The van der Waals surface area contributed by atoms with Gasteiger partial charge in [-0.2, -0.15) is 0 Å². The number of aryl methyl sites for hydroxylation is 2. The van der Waals surface area contributed by atoms with Gasteiger partial charge < -0.3 is 4.90 Å². The molecule has 0 atom stereocenters. The first kappa shape index (κ1) is 18.3. The number of nitrogens with zero attached hydrogens (tertiary/aromatic N) is 1. The Labute approximate surface area is 147 Å². The highest BCUT2D eigenvalue weighted by molar-refractivity contribution is 7.92. The predicted octanol–water partition coefficient (Wildman–Crippen LogP) is 3.46. The van der Waals surface area contributed by atoms with Crippen LogP contribution in [-0.2, 0) is 10.0 Å². The lowest BCUT2D eigenvalue weighted by Gasteiger charge is -2.16. The molecule has 1 amide bonds. The standard InChI is InChI=1S/C17H19ClN2O3S/c1-11-5-7-14(9-12(11)2)24(22,23)19-16-10-13(18)6-8-15(16)17(21)20(3)4/h5-10,19H,1-4H3. The number of sulfonamides is 1. The molecule has 0 unspecified atom stereocenters. The molecule has 128 valence electrons. The number of halogens is 1. The largest absolute Gasteiger partial charge is 0.345 e. The van der Waals surface area contributed by atoms with Crippen molar-refractivity contribution in [1.29, 1.82) is 0 Å². The smallest absolute Gasteiger partial charge is 0.261 e. The van der Waals surface area contributed by atoms with E-state index < -0.39 is 10.0 Å². The summed E-state index contributed by atoms with van der Waals surface area (Å²) in [6, 6.07) is 9.35. The summed E-state index contributed by atoms with van der Waals surface area (Å²) >= 11 is 5.96. The maximum atomic E-state index is 12.6. The minimum Gasteiger partial charge on any atom is -0.345 e. The number of rotatable bonds is 4. The predicted molar refractivity (Wildman–Crippen MR) is 96.2 cm³/mol. The molecule has 24 heavy (non-hydrogen) atoms. The molecule has 0 fully saturated rings. The Balaban J connectivity index is 2.47. The highest BCUT2D eigenvalue weighted by Crippen LogP contribution is 2.25. The van der Waals surface area contributed by atoms with Crippen LogP contribution in [0.5, 0.6) is 0 Å². The maximum Gasteiger partial charge on any atom is 0.261 e. The summed E-state index contributed by atoms with van der Waals surface area (Å²) < 4.78 is 27.8. The minimum atomic E-state index is -3.83. The van der Waals surface area contributed by atoms with Gasteiger partial charge in [0.05, 0.1) is 16.1 Å². The molecule has 2 aromatic carbocycles. The number of carbonyl (C=O) groups is 1. The van der Waals surface area contributed by atoms with Gasteiger partial charge in [-0.3, -0.25) is 9.52 Å². The quantitative estimate of drug-likeness (QED) is 0.901. The van der Waals surface area contributed by atoms with Gasteiger partial charge in [-0.25, -0.2) is 8.42 Å². The number of carbonyl (C=O) groups excluding carboxylic acids is 1. The van der Waals surface area contributed by atoms with Gasteiger partial charge in [0.15, 0.2) is 0 Å².